The summed E-state index contributed by atoms with van der Waals surface area (Å²) in [6, 6.07) is 10.5. The first-order chi connectivity index (χ1) is 13.8. The normalized spacial score (nSPS) is 15.1. The summed E-state index contributed by atoms with van der Waals surface area (Å²) >= 11 is 0. The second-order valence-electron chi connectivity index (χ2n) is 7.03. The number of carbonyl (C=O) groups excluding carboxylic acids is 1. The number of hydrogen-bond acceptors (Lipinski definition) is 5. The van der Waals surface area contributed by atoms with Gasteiger partial charge >= 0.3 is 0 Å². The van der Waals surface area contributed by atoms with Gasteiger partial charge in [0.2, 0.25) is 10.0 Å². The van der Waals surface area contributed by atoms with Crippen LogP contribution in [0.25, 0.3) is 0 Å². The zero-order chi connectivity index (χ0) is 21.0. The molecular formula is C21H26N2O5S. The van der Waals surface area contributed by atoms with E-state index in [9.17, 15) is 13.2 Å². The van der Waals surface area contributed by atoms with Gasteiger partial charge in [0.05, 0.1) is 18.1 Å². The Morgan fingerprint density at radius 2 is 1.83 bits per heavy atom. The third kappa shape index (κ3) is 4.95. The lowest BCUT2D eigenvalue weighted by Crippen LogP contribution is -2.40. The molecule has 156 valence electrons. The van der Waals surface area contributed by atoms with E-state index in [0.29, 0.717) is 43.3 Å². The van der Waals surface area contributed by atoms with Gasteiger partial charge in [-0.05, 0) is 55.7 Å². The van der Waals surface area contributed by atoms with E-state index in [1.807, 2.05) is 32.0 Å². The monoisotopic (exact) mass is 418 g/mol. The van der Waals surface area contributed by atoms with Crippen LogP contribution in [0.3, 0.4) is 0 Å². The molecule has 2 aromatic carbocycles. The second-order valence-corrected chi connectivity index (χ2v) is 8.94. The van der Waals surface area contributed by atoms with Crippen molar-refractivity contribution in [3.05, 3.63) is 53.1 Å². The topological polar surface area (TPSA) is 84.9 Å². The van der Waals surface area contributed by atoms with Crippen molar-refractivity contribution in [2.45, 2.75) is 25.7 Å². The fourth-order valence-corrected chi connectivity index (χ4v) is 4.76. The quantitative estimate of drug-likeness (QED) is 0.780. The molecule has 0 atom stereocenters. The van der Waals surface area contributed by atoms with Crippen molar-refractivity contribution in [2.75, 3.05) is 38.2 Å². The van der Waals surface area contributed by atoms with E-state index < -0.39 is 10.0 Å². The number of hydrogen-bond donors (Lipinski definition) is 1. The molecular weight excluding hydrogens is 392 g/mol. The van der Waals surface area contributed by atoms with Gasteiger partial charge in [-0.2, -0.15) is 4.31 Å². The molecule has 1 N–H and O–H groups in total. The maximum atomic E-state index is 13.0. The predicted octanol–water partition coefficient (Wildman–Crippen LogP) is 2.65. The molecule has 1 heterocycles. The van der Waals surface area contributed by atoms with Gasteiger partial charge in [-0.15, -0.1) is 0 Å². The average molecular weight is 419 g/mol. The summed E-state index contributed by atoms with van der Waals surface area (Å²) in [5.74, 6) is 0.295. The van der Waals surface area contributed by atoms with Gasteiger partial charge in [0.15, 0.2) is 6.61 Å². The number of rotatable bonds is 6. The summed E-state index contributed by atoms with van der Waals surface area (Å²) in [4.78, 5) is 12.5. The third-order valence-electron chi connectivity index (χ3n) is 4.97. The fraction of sp³-hybridized carbons (Fsp3) is 0.381. The van der Waals surface area contributed by atoms with Crippen LogP contribution in [0.2, 0.25) is 0 Å². The number of anilines is 1. The van der Waals surface area contributed by atoms with Crippen molar-refractivity contribution < 1.29 is 22.7 Å². The molecule has 29 heavy (non-hydrogen) atoms. The van der Waals surface area contributed by atoms with E-state index in [1.54, 1.807) is 19.1 Å². The zero-order valence-corrected chi connectivity index (χ0v) is 17.7. The Balaban J connectivity index is 1.70. The summed E-state index contributed by atoms with van der Waals surface area (Å²) in [7, 11) is -3.65. The maximum absolute atomic E-state index is 13.0. The van der Waals surface area contributed by atoms with Crippen LogP contribution < -0.4 is 10.1 Å². The number of amides is 1. The Bertz CT molecular complexity index is 998. The van der Waals surface area contributed by atoms with E-state index in [4.69, 9.17) is 9.47 Å². The molecule has 2 aromatic rings. The highest BCUT2D eigenvalue weighted by molar-refractivity contribution is 7.89. The number of nitrogens with zero attached hydrogens (tertiary/aromatic N) is 1. The Labute approximate surface area is 171 Å². The van der Waals surface area contributed by atoms with Crippen LogP contribution in [0.4, 0.5) is 5.69 Å². The van der Waals surface area contributed by atoms with Gasteiger partial charge in [0.1, 0.15) is 5.75 Å². The largest absolute Gasteiger partial charge is 0.483 e. The summed E-state index contributed by atoms with van der Waals surface area (Å²) < 4.78 is 38.2. The SMILES string of the molecule is Cc1ccc(NC(=O)COc2cccc(C)c2C)cc1S(=O)(=O)N1CCOCC1. The summed E-state index contributed by atoms with van der Waals surface area (Å²) in [5, 5.41) is 2.72. The fourth-order valence-electron chi connectivity index (χ4n) is 3.10. The smallest absolute Gasteiger partial charge is 0.262 e. The number of morpholine rings is 1. The minimum Gasteiger partial charge on any atom is -0.483 e. The molecule has 0 radical (unpaired) electrons. The molecule has 1 fully saturated rings. The highest BCUT2D eigenvalue weighted by atomic mass is 32.2. The molecule has 0 aromatic heterocycles. The Morgan fingerprint density at radius 3 is 2.55 bits per heavy atom. The lowest BCUT2D eigenvalue weighted by Gasteiger charge is -2.26. The second kappa shape index (κ2) is 8.94. The number of ether oxygens (including phenoxy) is 2. The zero-order valence-electron chi connectivity index (χ0n) is 16.9. The molecule has 8 heteroatoms. The van der Waals surface area contributed by atoms with Gasteiger partial charge in [0, 0.05) is 18.8 Å². The van der Waals surface area contributed by atoms with E-state index in [1.165, 1.54) is 10.4 Å². The van der Waals surface area contributed by atoms with Crippen molar-refractivity contribution in [3.63, 3.8) is 0 Å². The number of benzene rings is 2. The van der Waals surface area contributed by atoms with Crippen LogP contribution in [0.15, 0.2) is 41.3 Å². The minimum atomic E-state index is -3.65. The van der Waals surface area contributed by atoms with Gasteiger partial charge in [-0.1, -0.05) is 18.2 Å². The lowest BCUT2D eigenvalue weighted by molar-refractivity contribution is -0.118. The Hall–Kier alpha value is -2.42. The van der Waals surface area contributed by atoms with Crippen molar-refractivity contribution in [3.8, 4) is 5.75 Å². The third-order valence-corrected chi connectivity index (χ3v) is 7.01. The number of carbonyl (C=O) groups is 1. The number of aryl methyl sites for hydroxylation is 2. The first-order valence-corrected chi connectivity index (χ1v) is 10.9. The molecule has 1 aliphatic heterocycles. The van der Waals surface area contributed by atoms with E-state index >= 15 is 0 Å². The first kappa shape index (κ1) is 21.3. The molecule has 0 saturated carbocycles. The van der Waals surface area contributed by atoms with Crippen molar-refractivity contribution >= 4 is 21.6 Å². The van der Waals surface area contributed by atoms with E-state index in [0.717, 1.165) is 11.1 Å². The molecule has 1 aliphatic rings. The summed E-state index contributed by atoms with van der Waals surface area (Å²) in [6.45, 7) is 6.89. The molecule has 1 amide bonds. The highest BCUT2D eigenvalue weighted by Gasteiger charge is 2.28. The van der Waals surface area contributed by atoms with Crippen LogP contribution in [0, 0.1) is 20.8 Å². The molecule has 3 rings (SSSR count). The molecule has 0 spiro atoms. The minimum absolute atomic E-state index is 0.163. The predicted molar refractivity (Wildman–Crippen MR) is 111 cm³/mol. The number of nitrogens with one attached hydrogen (secondary N) is 1. The van der Waals surface area contributed by atoms with Crippen molar-refractivity contribution in [1.29, 1.82) is 0 Å². The van der Waals surface area contributed by atoms with Crippen LogP contribution >= 0.6 is 0 Å². The van der Waals surface area contributed by atoms with Gasteiger partial charge in [-0.3, -0.25) is 4.79 Å². The number of sulfonamides is 1. The lowest BCUT2D eigenvalue weighted by atomic mass is 10.1. The van der Waals surface area contributed by atoms with Crippen molar-refractivity contribution in [1.82, 2.24) is 4.31 Å². The van der Waals surface area contributed by atoms with Crippen LogP contribution in [0.1, 0.15) is 16.7 Å². The maximum Gasteiger partial charge on any atom is 0.262 e. The van der Waals surface area contributed by atoms with E-state index in [-0.39, 0.29) is 17.4 Å². The van der Waals surface area contributed by atoms with Gasteiger partial charge in [0.25, 0.3) is 5.91 Å². The molecule has 7 nitrogen and oxygen atoms in total. The average Bonchev–Trinajstić information content (AvgIpc) is 2.71. The Morgan fingerprint density at radius 1 is 1.10 bits per heavy atom. The summed E-state index contributed by atoms with van der Waals surface area (Å²) in [5.41, 5.74) is 3.10. The van der Waals surface area contributed by atoms with E-state index in [2.05, 4.69) is 5.32 Å². The van der Waals surface area contributed by atoms with Crippen LogP contribution in [-0.2, 0) is 19.6 Å². The van der Waals surface area contributed by atoms with Gasteiger partial charge < -0.3 is 14.8 Å². The van der Waals surface area contributed by atoms with Gasteiger partial charge in [-0.25, -0.2) is 8.42 Å². The summed E-state index contributed by atoms with van der Waals surface area (Å²) in [6.07, 6.45) is 0. The highest BCUT2D eigenvalue weighted by Crippen LogP contribution is 2.25. The molecule has 0 bridgehead atoms. The molecule has 1 saturated heterocycles. The molecule has 0 aliphatic carbocycles. The molecule has 0 unspecified atom stereocenters. The van der Waals surface area contributed by atoms with Crippen LogP contribution in [0.5, 0.6) is 5.75 Å². The standard InChI is InChI=1S/C21H26N2O5S/c1-15-5-4-6-19(17(15)3)28-14-21(24)22-18-8-7-16(2)20(13-18)29(25,26)23-9-11-27-12-10-23/h4-8,13H,9-12,14H2,1-3H3,(H,22,24). The van der Waals surface area contributed by atoms with Crippen molar-refractivity contribution in [2.24, 2.45) is 0 Å². The first-order valence-electron chi connectivity index (χ1n) is 9.46. The Kier molecular flexibility index (Phi) is 6.56. The van der Waals surface area contributed by atoms with Crippen LogP contribution in [-0.4, -0.2) is 51.5 Å².